The maximum atomic E-state index is 12.2. The molecule has 0 aliphatic carbocycles. The molecule has 0 radical (unpaired) electrons. The van der Waals surface area contributed by atoms with Gasteiger partial charge in [-0.05, 0) is 48.8 Å². The lowest BCUT2D eigenvalue weighted by atomic mass is 9.87. The number of halogens is 1. The summed E-state index contributed by atoms with van der Waals surface area (Å²) in [6.07, 6.45) is -0.118. The predicted molar refractivity (Wildman–Crippen MR) is 66.0 cm³/mol. The third kappa shape index (κ3) is 1.66. The lowest BCUT2D eigenvalue weighted by molar-refractivity contribution is -0.124. The smallest absolute Gasteiger partial charge is 0.259 e. The van der Waals surface area contributed by atoms with Crippen LogP contribution in [-0.4, -0.2) is 12.0 Å². The molecule has 1 atom stereocenters. The van der Waals surface area contributed by atoms with Crippen molar-refractivity contribution < 1.29 is 9.63 Å². The van der Waals surface area contributed by atoms with Crippen molar-refractivity contribution in [3.05, 3.63) is 28.7 Å². The Kier molecular flexibility index (Phi) is 2.80. The van der Waals surface area contributed by atoms with Gasteiger partial charge >= 0.3 is 0 Å². The second-order valence-corrected chi connectivity index (χ2v) is 5.37. The van der Waals surface area contributed by atoms with Crippen LogP contribution in [0.25, 0.3) is 0 Å². The third-order valence-electron chi connectivity index (χ3n) is 3.09. The molecule has 16 heavy (non-hydrogen) atoms. The Bertz CT molecular complexity index is 431. The van der Waals surface area contributed by atoms with Gasteiger partial charge in [0.2, 0.25) is 0 Å². The van der Waals surface area contributed by atoms with E-state index in [2.05, 4.69) is 15.9 Å². The van der Waals surface area contributed by atoms with E-state index >= 15 is 0 Å². The molecule has 1 saturated heterocycles. The number of anilines is 1. The quantitative estimate of drug-likeness (QED) is 0.793. The van der Waals surface area contributed by atoms with Crippen molar-refractivity contribution in [1.82, 2.24) is 0 Å². The van der Waals surface area contributed by atoms with Crippen LogP contribution < -0.4 is 5.06 Å². The summed E-state index contributed by atoms with van der Waals surface area (Å²) in [5, 5.41) is 1.38. The number of nitrogens with zero attached hydrogens (tertiary/aromatic N) is 1. The number of para-hydroxylation sites is 1. The maximum absolute atomic E-state index is 12.2. The van der Waals surface area contributed by atoms with E-state index in [0.717, 1.165) is 10.2 Å². The van der Waals surface area contributed by atoms with Crippen molar-refractivity contribution in [2.75, 3.05) is 5.06 Å². The normalized spacial score (nSPS) is 23.9. The number of hydrogen-bond donors (Lipinski definition) is 0. The molecule has 1 aliphatic rings. The lowest BCUT2D eigenvalue weighted by Gasteiger charge is -2.17. The summed E-state index contributed by atoms with van der Waals surface area (Å²) < 4.78 is 0.855. The molecular formula is C12H14BrNO2. The minimum atomic E-state index is -0.477. The van der Waals surface area contributed by atoms with Gasteiger partial charge in [-0.2, -0.15) is 5.06 Å². The highest BCUT2D eigenvalue weighted by Crippen LogP contribution is 2.38. The Morgan fingerprint density at radius 3 is 2.50 bits per heavy atom. The highest BCUT2D eigenvalue weighted by atomic mass is 79.9. The minimum absolute atomic E-state index is 0.00750. The van der Waals surface area contributed by atoms with Gasteiger partial charge in [0.15, 0.2) is 0 Å². The van der Waals surface area contributed by atoms with Gasteiger partial charge in [-0.3, -0.25) is 9.63 Å². The number of carbonyl (C=O) groups is 1. The highest BCUT2D eigenvalue weighted by Gasteiger charge is 2.47. The van der Waals surface area contributed by atoms with Crippen LogP contribution in [-0.2, 0) is 9.63 Å². The molecule has 3 nitrogen and oxygen atoms in total. The Labute approximate surface area is 103 Å². The summed E-state index contributed by atoms with van der Waals surface area (Å²) in [5.41, 5.74) is 0.278. The van der Waals surface area contributed by atoms with Crippen molar-refractivity contribution in [3.8, 4) is 0 Å². The van der Waals surface area contributed by atoms with E-state index in [1.165, 1.54) is 5.06 Å². The van der Waals surface area contributed by atoms with Crippen LogP contribution in [0.4, 0.5) is 5.69 Å². The Morgan fingerprint density at radius 2 is 2.00 bits per heavy atom. The number of amides is 1. The maximum Gasteiger partial charge on any atom is 0.259 e. The number of carbonyl (C=O) groups excluding carboxylic acids is 1. The highest BCUT2D eigenvalue weighted by molar-refractivity contribution is 9.10. The Balaban J connectivity index is 2.39. The third-order valence-corrected chi connectivity index (χ3v) is 3.76. The summed E-state index contributed by atoms with van der Waals surface area (Å²) >= 11 is 3.42. The predicted octanol–water partition coefficient (Wildman–Crippen LogP) is 3.14. The van der Waals surface area contributed by atoms with Gasteiger partial charge in [0.25, 0.3) is 5.91 Å². The molecule has 1 aliphatic heterocycles. The van der Waals surface area contributed by atoms with Crippen LogP contribution in [0.15, 0.2) is 28.7 Å². The minimum Gasteiger partial charge on any atom is -0.271 e. The molecule has 1 amide bonds. The van der Waals surface area contributed by atoms with Crippen LogP contribution in [0.3, 0.4) is 0 Å². The van der Waals surface area contributed by atoms with Gasteiger partial charge in [-0.15, -0.1) is 0 Å². The zero-order chi connectivity index (χ0) is 11.9. The fourth-order valence-electron chi connectivity index (χ4n) is 1.56. The Morgan fingerprint density at radius 1 is 1.38 bits per heavy atom. The molecule has 86 valence electrons. The van der Waals surface area contributed by atoms with Gasteiger partial charge in [0, 0.05) is 4.47 Å². The second-order valence-electron chi connectivity index (χ2n) is 4.52. The molecule has 0 bridgehead atoms. The van der Waals surface area contributed by atoms with Crippen LogP contribution in [0.1, 0.15) is 20.8 Å². The summed E-state index contributed by atoms with van der Waals surface area (Å²) in [4.78, 5) is 17.8. The fourth-order valence-corrected chi connectivity index (χ4v) is 2.00. The van der Waals surface area contributed by atoms with Gasteiger partial charge in [-0.25, -0.2) is 0 Å². The molecule has 1 fully saturated rings. The summed E-state index contributed by atoms with van der Waals surface area (Å²) in [5.74, 6) is -0.00750. The summed E-state index contributed by atoms with van der Waals surface area (Å²) in [6, 6.07) is 7.54. The standard InChI is InChI=1S/C12H14BrNO2/c1-8-12(2,3)11(15)14(16-8)10-7-5-4-6-9(10)13/h4-8H,1-3H3. The van der Waals surface area contributed by atoms with E-state index < -0.39 is 5.41 Å². The van der Waals surface area contributed by atoms with Gasteiger partial charge in [0.05, 0.1) is 17.2 Å². The average Bonchev–Trinajstić information content (AvgIpc) is 2.43. The van der Waals surface area contributed by atoms with Crippen LogP contribution in [0, 0.1) is 5.41 Å². The van der Waals surface area contributed by atoms with Crippen LogP contribution in [0.5, 0.6) is 0 Å². The molecule has 0 spiro atoms. The van der Waals surface area contributed by atoms with Crippen molar-refractivity contribution in [1.29, 1.82) is 0 Å². The first kappa shape index (κ1) is 11.6. The van der Waals surface area contributed by atoms with Crippen molar-refractivity contribution in [2.24, 2.45) is 5.41 Å². The zero-order valence-electron chi connectivity index (χ0n) is 9.53. The summed E-state index contributed by atoms with van der Waals surface area (Å²) in [6.45, 7) is 5.71. The first-order chi connectivity index (χ1) is 7.44. The van der Waals surface area contributed by atoms with Crippen LogP contribution >= 0.6 is 15.9 Å². The van der Waals surface area contributed by atoms with E-state index in [4.69, 9.17) is 4.84 Å². The molecule has 0 aromatic heterocycles. The fraction of sp³-hybridized carbons (Fsp3) is 0.417. The molecule has 0 N–H and O–H groups in total. The first-order valence-corrected chi connectivity index (χ1v) is 5.99. The topological polar surface area (TPSA) is 29.5 Å². The number of rotatable bonds is 1. The molecular weight excluding hydrogens is 270 g/mol. The van der Waals surface area contributed by atoms with Crippen LogP contribution in [0.2, 0.25) is 0 Å². The second kappa shape index (κ2) is 3.86. The van der Waals surface area contributed by atoms with Crippen molar-refractivity contribution in [3.63, 3.8) is 0 Å². The van der Waals surface area contributed by atoms with E-state index in [0.29, 0.717) is 0 Å². The number of hydrogen-bond acceptors (Lipinski definition) is 2. The SMILES string of the molecule is CC1ON(c2ccccc2Br)C(=O)C1(C)C. The van der Waals surface area contributed by atoms with Gasteiger partial charge < -0.3 is 0 Å². The van der Waals surface area contributed by atoms with Crippen molar-refractivity contribution >= 4 is 27.5 Å². The largest absolute Gasteiger partial charge is 0.271 e. The molecule has 1 aromatic carbocycles. The molecule has 2 rings (SSSR count). The first-order valence-electron chi connectivity index (χ1n) is 5.20. The van der Waals surface area contributed by atoms with E-state index in [9.17, 15) is 4.79 Å². The molecule has 1 unspecified atom stereocenters. The average molecular weight is 284 g/mol. The molecule has 1 aromatic rings. The zero-order valence-corrected chi connectivity index (χ0v) is 11.1. The van der Waals surface area contributed by atoms with E-state index in [-0.39, 0.29) is 12.0 Å². The van der Waals surface area contributed by atoms with E-state index in [1.54, 1.807) is 0 Å². The molecule has 0 saturated carbocycles. The van der Waals surface area contributed by atoms with Gasteiger partial charge in [0.1, 0.15) is 0 Å². The van der Waals surface area contributed by atoms with Gasteiger partial charge in [-0.1, -0.05) is 12.1 Å². The van der Waals surface area contributed by atoms with E-state index in [1.807, 2.05) is 45.0 Å². The number of benzene rings is 1. The molecule has 4 heteroatoms. The number of hydroxylamine groups is 1. The Hall–Kier alpha value is -0.870. The monoisotopic (exact) mass is 283 g/mol. The lowest BCUT2D eigenvalue weighted by Crippen LogP contribution is -2.32. The molecule has 1 heterocycles. The van der Waals surface area contributed by atoms with Crippen molar-refractivity contribution in [2.45, 2.75) is 26.9 Å². The summed E-state index contributed by atoms with van der Waals surface area (Å²) in [7, 11) is 0.